The lowest BCUT2D eigenvalue weighted by molar-refractivity contribution is 0.102. The van der Waals surface area contributed by atoms with Crippen molar-refractivity contribution in [3.8, 4) is 5.69 Å². The second kappa shape index (κ2) is 8.78. The molecule has 0 unspecified atom stereocenters. The number of hydrogen-bond donors (Lipinski definition) is 1. The number of carbonyl (C=O) groups is 1. The Balaban J connectivity index is 1.53. The highest BCUT2D eigenvalue weighted by molar-refractivity contribution is 7.89. The molecule has 3 aromatic rings. The third-order valence-electron chi connectivity index (χ3n) is 5.37. The van der Waals surface area contributed by atoms with Gasteiger partial charge in [0.05, 0.1) is 16.3 Å². The quantitative estimate of drug-likeness (QED) is 0.628. The number of rotatable bonds is 5. The predicted octanol–water partition coefficient (Wildman–Crippen LogP) is 3.59. The van der Waals surface area contributed by atoms with Gasteiger partial charge in [-0.25, -0.2) is 18.1 Å². The highest BCUT2D eigenvalue weighted by Gasteiger charge is 2.28. The SMILES string of the molecule is CC1CCN(S(=O)(=O)c2ccc(C(=O)Nc3cc(Cl)ccc3-n3cncn3)cc2)CC1. The molecule has 0 aliphatic carbocycles. The van der Waals surface area contributed by atoms with Crippen LogP contribution >= 0.6 is 11.6 Å². The van der Waals surface area contributed by atoms with Crippen LogP contribution in [0.2, 0.25) is 5.02 Å². The number of piperidine rings is 1. The van der Waals surface area contributed by atoms with Gasteiger partial charge in [0.15, 0.2) is 0 Å². The van der Waals surface area contributed by atoms with Gasteiger partial charge in [-0.1, -0.05) is 18.5 Å². The molecule has 1 aliphatic heterocycles. The molecule has 1 fully saturated rings. The summed E-state index contributed by atoms with van der Waals surface area (Å²) in [5.74, 6) is 0.144. The number of amides is 1. The molecular weight excluding hydrogens is 438 g/mol. The fraction of sp³-hybridized carbons (Fsp3) is 0.286. The van der Waals surface area contributed by atoms with Crippen LogP contribution in [0.3, 0.4) is 0 Å². The van der Waals surface area contributed by atoms with Crippen molar-refractivity contribution in [2.75, 3.05) is 18.4 Å². The van der Waals surface area contributed by atoms with Crippen LogP contribution in [0.25, 0.3) is 5.69 Å². The molecule has 31 heavy (non-hydrogen) atoms. The Morgan fingerprint density at radius 3 is 2.48 bits per heavy atom. The first-order chi connectivity index (χ1) is 14.8. The van der Waals surface area contributed by atoms with Crippen LogP contribution in [0, 0.1) is 5.92 Å². The van der Waals surface area contributed by atoms with Gasteiger partial charge in [0.25, 0.3) is 5.91 Å². The maximum absolute atomic E-state index is 12.9. The van der Waals surface area contributed by atoms with Crippen molar-refractivity contribution >= 4 is 33.2 Å². The number of hydrogen-bond acceptors (Lipinski definition) is 5. The van der Waals surface area contributed by atoms with Gasteiger partial charge in [0.2, 0.25) is 10.0 Å². The molecule has 2 aromatic carbocycles. The molecule has 0 spiro atoms. The Morgan fingerprint density at radius 2 is 1.84 bits per heavy atom. The van der Waals surface area contributed by atoms with Gasteiger partial charge >= 0.3 is 0 Å². The number of sulfonamides is 1. The van der Waals surface area contributed by atoms with Gasteiger partial charge in [0, 0.05) is 23.7 Å². The summed E-state index contributed by atoms with van der Waals surface area (Å²) in [7, 11) is -3.56. The first-order valence-electron chi connectivity index (χ1n) is 9.91. The molecule has 4 rings (SSSR count). The maximum Gasteiger partial charge on any atom is 0.255 e. The van der Waals surface area contributed by atoms with Crippen molar-refractivity contribution in [2.45, 2.75) is 24.7 Å². The van der Waals surface area contributed by atoms with Crippen LogP contribution in [-0.2, 0) is 10.0 Å². The van der Waals surface area contributed by atoms with Crippen LogP contribution in [-0.4, -0.2) is 46.5 Å². The van der Waals surface area contributed by atoms with E-state index < -0.39 is 10.0 Å². The summed E-state index contributed by atoms with van der Waals surface area (Å²) in [5.41, 5.74) is 1.40. The zero-order valence-electron chi connectivity index (χ0n) is 16.9. The fourth-order valence-electron chi connectivity index (χ4n) is 3.49. The van der Waals surface area contributed by atoms with Crippen LogP contribution < -0.4 is 5.32 Å². The Bertz CT molecular complexity index is 1170. The Morgan fingerprint density at radius 1 is 1.13 bits per heavy atom. The first-order valence-corrected chi connectivity index (χ1v) is 11.7. The van der Waals surface area contributed by atoms with Gasteiger partial charge < -0.3 is 5.32 Å². The largest absolute Gasteiger partial charge is 0.320 e. The molecule has 0 atom stereocenters. The van der Waals surface area contributed by atoms with E-state index >= 15 is 0 Å². The summed E-state index contributed by atoms with van der Waals surface area (Å²) < 4.78 is 28.8. The van der Waals surface area contributed by atoms with Crippen molar-refractivity contribution in [3.63, 3.8) is 0 Å². The van der Waals surface area contributed by atoms with E-state index in [9.17, 15) is 13.2 Å². The molecule has 1 aromatic heterocycles. The molecule has 8 nitrogen and oxygen atoms in total. The molecule has 2 heterocycles. The van der Waals surface area contributed by atoms with Crippen LogP contribution in [0.1, 0.15) is 30.1 Å². The number of nitrogens with one attached hydrogen (secondary N) is 1. The minimum absolute atomic E-state index is 0.185. The van der Waals surface area contributed by atoms with E-state index in [0.29, 0.717) is 41.0 Å². The summed E-state index contributed by atoms with van der Waals surface area (Å²) in [6.45, 7) is 3.17. The maximum atomic E-state index is 12.9. The lowest BCUT2D eigenvalue weighted by atomic mass is 10.0. The van der Waals surface area contributed by atoms with Crippen molar-refractivity contribution < 1.29 is 13.2 Å². The normalized spacial score (nSPS) is 15.7. The summed E-state index contributed by atoms with van der Waals surface area (Å²) in [5, 5.41) is 7.35. The number of anilines is 1. The lowest BCUT2D eigenvalue weighted by Crippen LogP contribution is -2.37. The number of carbonyl (C=O) groups excluding carboxylic acids is 1. The van der Waals surface area contributed by atoms with Crippen molar-refractivity contribution in [1.82, 2.24) is 19.1 Å². The van der Waals surface area contributed by atoms with E-state index in [1.807, 2.05) is 0 Å². The van der Waals surface area contributed by atoms with Gasteiger partial charge in [-0.2, -0.15) is 9.40 Å². The Kier molecular flexibility index (Phi) is 6.08. The number of halogens is 1. The molecule has 1 saturated heterocycles. The molecule has 10 heteroatoms. The number of aromatic nitrogens is 3. The minimum atomic E-state index is -3.56. The van der Waals surface area contributed by atoms with Crippen LogP contribution in [0.4, 0.5) is 5.69 Å². The number of benzene rings is 2. The second-order valence-corrected chi connectivity index (χ2v) is 9.94. The van der Waals surface area contributed by atoms with E-state index in [1.165, 1.54) is 45.9 Å². The zero-order valence-corrected chi connectivity index (χ0v) is 18.5. The summed E-state index contributed by atoms with van der Waals surface area (Å²) in [6.07, 6.45) is 4.61. The molecule has 0 saturated carbocycles. The third-order valence-corrected chi connectivity index (χ3v) is 7.52. The van der Waals surface area contributed by atoms with Crippen molar-refractivity contribution in [1.29, 1.82) is 0 Å². The van der Waals surface area contributed by atoms with Gasteiger partial charge in [0.1, 0.15) is 12.7 Å². The van der Waals surface area contributed by atoms with Crippen molar-refractivity contribution in [3.05, 3.63) is 65.7 Å². The molecule has 1 aliphatic rings. The van der Waals surface area contributed by atoms with E-state index in [-0.39, 0.29) is 10.8 Å². The van der Waals surface area contributed by atoms with E-state index in [0.717, 1.165) is 12.8 Å². The zero-order chi connectivity index (χ0) is 22.0. The Labute approximate surface area is 185 Å². The highest BCUT2D eigenvalue weighted by atomic mass is 35.5. The monoisotopic (exact) mass is 459 g/mol. The van der Waals surface area contributed by atoms with Gasteiger partial charge in [-0.3, -0.25) is 4.79 Å². The topological polar surface area (TPSA) is 97.2 Å². The molecule has 0 radical (unpaired) electrons. The molecule has 0 bridgehead atoms. The Hall–Kier alpha value is -2.75. The van der Waals surface area contributed by atoms with Crippen LogP contribution in [0.5, 0.6) is 0 Å². The summed E-state index contributed by atoms with van der Waals surface area (Å²) in [6, 6.07) is 11.0. The first kappa shape index (κ1) is 21.5. The standard InChI is InChI=1S/C21H22ClN5O3S/c1-15-8-10-26(11-9-15)31(29,30)18-5-2-16(3-6-18)21(28)25-19-12-17(22)4-7-20(19)27-14-23-13-24-27/h2-7,12-15H,8-11H2,1H3,(H,25,28). The lowest BCUT2D eigenvalue weighted by Gasteiger charge is -2.29. The second-order valence-electron chi connectivity index (χ2n) is 7.57. The van der Waals surface area contributed by atoms with E-state index in [2.05, 4.69) is 22.3 Å². The van der Waals surface area contributed by atoms with E-state index in [1.54, 1.807) is 18.2 Å². The summed E-state index contributed by atoms with van der Waals surface area (Å²) in [4.78, 5) is 16.9. The highest BCUT2D eigenvalue weighted by Crippen LogP contribution is 2.26. The average Bonchev–Trinajstić information content (AvgIpc) is 3.29. The van der Waals surface area contributed by atoms with Gasteiger partial charge in [-0.05, 0) is 61.2 Å². The minimum Gasteiger partial charge on any atom is -0.320 e. The summed E-state index contributed by atoms with van der Waals surface area (Å²) >= 11 is 6.09. The molecular formula is C21H22ClN5O3S. The molecule has 162 valence electrons. The fourth-order valence-corrected chi connectivity index (χ4v) is 5.13. The van der Waals surface area contributed by atoms with E-state index in [4.69, 9.17) is 11.6 Å². The molecule has 1 amide bonds. The smallest absolute Gasteiger partial charge is 0.255 e. The van der Waals surface area contributed by atoms with Crippen molar-refractivity contribution in [2.24, 2.45) is 5.92 Å². The predicted molar refractivity (Wildman–Crippen MR) is 118 cm³/mol. The number of nitrogens with zero attached hydrogens (tertiary/aromatic N) is 4. The third kappa shape index (κ3) is 4.63. The van der Waals surface area contributed by atoms with Crippen LogP contribution in [0.15, 0.2) is 60.0 Å². The van der Waals surface area contributed by atoms with Gasteiger partial charge in [-0.15, -0.1) is 0 Å². The average molecular weight is 460 g/mol. The molecule has 1 N–H and O–H groups in total.